The van der Waals surface area contributed by atoms with Crippen LogP contribution in [0.25, 0.3) is 16.7 Å². The molecule has 0 radical (unpaired) electrons. The number of anilines is 1. The summed E-state index contributed by atoms with van der Waals surface area (Å²) in [5.41, 5.74) is 0.995. The summed E-state index contributed by atoms with van der Waals surface area (Å²) >= 11 is 0. The molecule has 5 heterocycles. The lowest BCUT2D eigenvalue weighted by Gasteiger charge is -2.43. The van der Waals surface area contributed by atoms with Gasteiger partial charge in [-0.15, -0.1) is 0 Å². The Morgan fingerprint density at radius 1 is 1.05 bits per heavy atom. The number of benzene rings is 1. The van der Waals surface area contributed by atoms with Crippen molar-refractivity contribution < 1.29 is 14.6 Å². The fourth-order valence-electron chi connectivity index (χ4n) is 6.24. The first-order chi connectivity index (χ1) is 19.3. The van der Waals surface area contributed by atoms with E-state index in [4.69, 9.17) is 4.74 Å². The molecule has 1 saturated carbocycles. The molecule has 3 saturated heterocycles. The van der Waals surface area contributed by atoms with Crippen molar-refractivity contribution >= 4 is 22.6 Å². The largest absolute Gasteiger partial charge is 0.388 e. The maximum absolute atomic E-state index is 13.4. The number of carbonyl (C=O) groups excluding carboxylic acids is 1. The van der Waals surface area contributed by atoms with Crippen molar-refractivity contribution in [2.45, 2.75) is 50.8 Å². The van der Waals surface area contributed by atoms with Gasteiger partial charge in [-0.1, -0.05) is 13.0 Å². The summed E-state index contributed by atoms with van der Waals surface area (Å²) in [5, 5.41) is 16.2. The van der Waals surface area contributed by atoms with Gasteiger partial charge in [-0.2, -0.15) is 5.10 Å². The standard InChI is InChI=1S/C29H37N7O4/c1-28(5-6-28)27(38)34-9-7-29(39,8-10-34)19-35-20-30-25-24(26(35)37)16-31-36(25)22-4-2-3-21(15-22)32-11-13-33(14-12-32)23-17-40-18-23/h2-4,15-16,20,23,39H,5-14,17-19H2,1H3. The molecular formula is C29H37N7O4. The van der Waals surface area contributed by atoms with Crippen LogP contribution in [0.1, 0.15) is 32.6 Å². The van der Waals surface area contributed by atoms with Gasteiger partial charge in [0, 0.05) is 50.4 Å². The number of hydrogen-bond acceptors (Lipinski definition) is 8. The monoisotopic (exact) mass is 547 g/mol. The molecule has 4 aliphatic rings. The quantitative estimate of drug-likeness (QED) is 0.492. The number of amides is 1. The second-order valence-electron chi connectivity index (χ2n) is 12.3. The molecule has 0 bridgehead atoms. The summed E-state index contributed by atoms with van der Waals surface area (Å²) in [5.74, 6) is 0.192. The minimum Gasteiger partial charge on any atom is -0.388 e. The van der Waals surface area contributed by atoms with E-state index in [1.54, 1.807) is 10.9 Å². The molecule has 212 valence electrons. The predicted octanol–water partition coefficient (Wildman–Crippen LogP) is 1.26. The minimum absolute atomic E-state index is 0.147. The van der Waals surface area contributed by atoms with Crippen LogP contribution < -0.4 is 10.5 Å². The number of rotatable bonds is 6. The van der Waals surface area contributed by atoms with Crippen LogP contribution in [0.5, 0.6) is 0 Å². The molecular weight excluding hydrogens is 510 g/mol. The van der Waals surface area contributed by atoms with E-state index in [2.05, 4.69) is 32.0 Å². The molecule has 0 spiro atoms. The number of hydrogen-bond donors (Lipinski definition) is 1. The van der Waals surface area contributed by atoms with Crippen LogP contribution in [0.4, 0.5) is 5.69 Å². The molecule has 7 rings (SSSR count). The van der Waals surface area contributed by atoms with Gasteiger partial charge < -0.3 is 19.6 Å². The Labute approximate surface area is 232 Å². The van der Waals surface area contributed by atoms with Crippen molar-refractivity contribution in [2.75, 3.05) is 57.4 Å². The molecule has 4 fully saturated rings. The number of likely N-dealkylation sites (tertiary alicyclic amines) is 1. The normalized spacial score (nSPS) is 22.9. The first-order valence-electron chi connectivity index (χ1n) is 14.4. The molecule has 0 unspecified atom stereocenters. The zero-order chi connectivity index (χ0) is 27.5. The third kappa shape index (κ3) is 4.59. The van der Waals surface area contributed by atoms with Crippen LogP contribution in [0.15, 0.2) is 41.6 Å². The summed E-state index contributed by atoms with van der Waals surface area (Å²) in [7, 11) is 0. The number of aromatic nitrogens is 4. The van der Waals surface area contributed by atoms with Crippen LogP contribution >= 0.6 is 0 Å². The molecule has 1 aliphatic carbocycles. The first-order valence-corrected chi connectivity index (χ1v) is 14.4. The zero-order valence-electron chi connectivity index (χ0n) is 23.0. The maximum Gasteiger partial charge on any atom is 0.264 e. The molecule has 1 N–H and O–H groups in total. The number of fused-ring (bicyclic) bond motifs is 1. The Morgan fingerprint density at radius 3 is 2.45 bits per heavy atom. The number of carbonyl (C=O) groups is 1. The highest BCUT2D eigenvalue weighted by molar-refractivity contribution is 5.85. The summed E-state index contributed by atoms with van der Waals surface area (Å²) in [6.45, 7) is 8.81. The molecule has 2 aromatic heterocycles. The van der Waals surface area contributed by atoms with Gasteiger partial charge in [-0.05, 0) is 43.9 Å². The molecule has 3 aliphatic heterocycles. The highest BCUT2D eigenvalue weighted by Gasteiger charge is 2.48. The molecule has 11 nitrogen and oxygen atoms in total. The number of nitrogens with zero attached hydrogens (tertiary/aromatic N) is 7. The van der Waals surface area contributed by atoms with Gasteiger partial charge in [0.2, 0.25) is 5.91 Å². The maximum atomic E-state index is 13.4. The summed E-state index contributed by atoms with van der Waals surface area (Å²) in [4.78, 5) is 37.5. The van der Waals surface area contributed by atoms with E-state index in [0.29, 0.717) is 43.0 Å². The van der Waals surface area contributed by atoms with E-state index in [0.717, 1.165) is 63.6 Å². The van der Waals surface area contributed by atoms with Crippen LogP contribution in [-0.4, -0.2) is 104 Å². The van der Waals surface area contributed by atoms with Gasteiger partial charge in [-0.3, -0.25) is 19.1 Å². The molecule has 40 heavy (non-hydrogen) atoms. The van der Waals surface area contributed by atoms with Crippen molar-refractivity contribution in [1.29, 1.82) is 0 Å². The van der Waals surface area contributed by atoms with Crippen molar-refractivity contribution in [3.63, 3.8) is 0 Å². The Balaban J connectivity index is 1.05. The number of ether oxygens (including phenoxy) is 1. The van der Waals surface area contributed by atoms with E-state index in [9.17, 15) is 14.7 Å². The van der Waals surface area contributed by atoms with E-state index < -0.39 is 5.60 Å². The van der Waals surface area contributed by atoms with Crippen molar-refractivity contribution in [3.05, 3.63) is 47.1 Å². The smallest absolute Gasteiger partial charge is 0.264 e. The summed E-state index contributed by atoms with van der Waals surface area (Å²) in [6, 6.07) is 8.77. The van der Waals surface area contributed by atoms with Crippen LogP contribution in [0, 0.1) is 5.41 Å². The summed E-state index contributed by atoms with van der Waals surface area (Å²) < 4.78 is 8.55. The minimum atomic E-state index is -1.06. The second kappa shape index (κ2) is 9.67. The van der Waals surface area contributed by atoms with Crippen LogP contribution in [0.2, 0.25) is 0 Å². The van der Waals surface area contributed by atoms with Crippen molar-refractivity contribution in [2.24, 2.45) is 5.41 Å². The Kier molecular flexibility index (Phi) is 6.21. The van der Waals surface area contributed by atoms with Crippen LogP contribution in [0.3, 0.4) is 0 Å². The number of aliphatic hydroxyl groups is 1. The van der Waals surface area contributed by atoms with Gasteiger partial charge in [0.1, 0.15) is 11.7 Å². The first kappa shape index (κ1) is 25.7. The van der Waals surface area contributed by atoms with Gasteiger partial charge in [0.25, 0.3) is 5.56 Å². The Morgan fingerprint density at radius 2 is 1.77 bits per heavy atom. The van der Waals surface area contributed by atoms with Gasteiger partial charge in [-0.25, -0.2) is 9.67 Å². The highest BCUT2D eigenvalue weighted by Crippen LogP contribution is 2.47. The molecule has 3 aromatic rings. The summed E-state index contributed by atoms with van der Waals surface area (Å²) in [6.07, 6.45) is 5.84. The van der Waals surface area contributed by atoms with Crippen LogP contribution in [-0.2, 0) is 16.1 Å². The van der Waals surface area contributed by atoms with E-state index in [1.807, 2.05) is 24.0 Å². The van der Waals surface area contributed by atoms with Gasteiger partial charge >= 0.3 is 0 Å². The van der Waals surface area contributed by atoms with Crippen molar-refractivity contribution in [3.8, 4) is 5.69 Å². The third-order valence-corrected chi connectivity index (χ3v) is 9.41. The van der Waals surface area contributed by atoms with Crippen molar-refractivity contribution in [1.82, 2.24) is 29.1 Å². The fourth-order valence-corrected chi connectivity index (χ4v) is 6.24. The molecule has 11 heteroatoms. The topological polar surface area (TPSA) is 109 Å². The Bertz CT molecular complexity index is 1480. The second-order valence-corrected chi connectivity index (χ2v) is 12.3. The van der Waals surface area contributed by atoms with Gasteiger partial charge in [0.05, 0.1) is 43.3 Å². The molecule has 1 amide bonds. The average Bonchev–Trinajstić information content (AvgIpc) is 3.54. The number of piperazine rings is 1. The average molecular weight is 548 g/mol. The molecule has 0 atom stereocenters. The third-order valence-electron chi connectivity index (χ3n) is 9.41. The van der Waals surface area contributed by atoms with E-state index >= 15 is 0 Å². The Hall–Kier alpha value is -3.28. The van der Waals surface area contributed by atoms with E-state index in [-0.39, 0.29) is 23.4 Å². The lowest BCUT2D eigenvalue weighted by Crippen LogP contribution is -2.56. The lowest BCUT2D eigenvalue weighted by molar-refractivity contribution is -0.141. The SMILES string of the molecule is CC1(C(=O)N2CCC(O)(Cn3cnc4c(cnn4-c4cccc(N5CCN(C6COC6)CC5)c4)c3=O)CC2)CC1. The van der Waals surface area contributed by atoms with Gasteiger partial charge in [0.15, 0.2) is 5.65 Å². The fraction of sp³-hybridized carbons (Fsp3) is 0.586. The highest BCUT2D eigenvalue weighted by atomic mass is 16.5. The zero-order valence-corrected chi connectivity index (χ0v) is 23.0. The number of piperidine rings is 1. The van der Waals surface area contributed by atoms with E-state index in [1.165, 1.54) is 10.9 Å². The lowest BCUT2D eigenvalue weighted by atomic mass is 9.90. The molecule has 1 aromatic carbocycles. The predicted molar refractivity (Wildman–Crippen MR) is 150 cm³/mol.